The van der Waals surface area contributed by atoms with Crippen molar-refractivity contribution in [1.29, 1.82) is 0 Å². The molecule has 6 heteroatoms. The maximum absolute atomic E-state index is 12.2. The monoisotopic (exact) mass is 343 g/mol. The van der Waals surface area contributed by atoms with Crippen LogP contribution in [0.25, 0.3) is 0 Å². The molecule has 0 unspecified atom stereocenters. The summed E-state index contributed by atoms with van der Waals surface area (Å²) in [5, 5.41) is 3.06. The molecule has 1 aliphatic heterocycles. The van der Waals surface area contributed by atoms with Crippen LogP contribution in [0.2, 0.25) is 0 Å². The fourth-order valence-electron chi connectivity index (χ4n) is 3.02. The molecule has 0 spiro atoms. The average molecular weight is 344 g/mol. The van der Waals surface area contributed by atoms with E-state index in [2.05, 4.69) is 16.3 Å². The van der Waals surface area contributed by atoms with Gasteiger partial charge in [-0.15, -0.1) is 11.3 Å². The number of thiophene rings is 1. The van der Waals surface area contributed by atoms with E-state index in [1.165, 1.54) is 23.3 Å². The topological polar surface area (TPSA) is 41.6 Å². The van der Waals surface area contributed by atoms with Crippen LogP contribution in [-0.2, 0) is 17.6 Å². The number of fused-ring (bicyclic) bond motifs is 1. The smallest absolute Gasteiger partial charge is 0.261 e. The molecular formula is C16H24ClN2O2S-. The van der Waals surface area contributed by atoms with Gasteiger partial charge in [0.15, 0.2) is 0 Å². The van der Waals surface area contributed by atoms with Crippen LogP contribution in [0, 0.1) is 0 Å². The Bertz CT molecular complexity index is 463. The van der Waals surface area contributed by atoms with Gasteiger partial charge in [-0.3, -0.25) is 9.69 Å². The first-order valence-electron chi connectivity index (χ1n) is 8.03. The lowest BCUT2D eigenvalue weighted by Crippen LogP contribution is -3.00. The van der Waals surface area contributed by atoms with Gasteiger partial charge in [-0.2, -0.15) is 0 Å². The van der Waals surface area contributed by atoms with Gasteiger partial charge in [0.2, 0.25) is 0 Å². The van der Waals surface area contributed by atoms with E-state index < -0.39 is 0 Å². The Labute approximate surface area is 142 Å². The molecular weight excluding hydrogens is 320 g/mol. The number of aryl methyl sites for hydroxylation is 2. The lowest BCUT2D eigenvalue weighted by Gasteiger charge is -2.26. The molecule has 4 nitrogen and oxygen atoms in total. The summed E-state index contributed by atoms with van der Waals surface area (Å²) in [6, 6.07) is 2.11. The van der Waals surface area contributed by atoms with Crippen molar-refractivity contribution in [2.75, 3.05) is 39.4 Å². The van der Waals surface area contributed by atoms with Gasteiger partial charge >= 0.3 is 0 Å². The normalized spacial score (nSPS) is 18.4. The molecule has 2 aliphatic rings. The van der Waals surface area contributed by atoms with Crippen LogP contribution in [0.15, 0.2) is 6.07 Å². The van der Waals surface area contributed by atoms with Gasteiger partial charge in [0, 0.05) is 24.5 Å². The van der Waals surface area contributed by atoms with Crippen molar-refractivity contribution in [3.05, 3.63) is 21.4 Å². The van der Waals surface area contributed by atoms with Crippen molar-refractivity contribution in [2.45, 2.75) is 32.1 Å². The van der Waals surface area contributed by atoms with Gasteiger partial charge in [-0.25, -0.2) is 0 Å². The Morgan fingerprint density at radius 2 is 2.05 bits per heavy atom. The second-order valence-electron chi connectivity index (χ2n) is 5.83. The van der Waals surface area contributed by atoms with Crippen LogP contribution in [0.3, 0.4) is 0 Å². The Balaban J connectivity index is 0.00000176. The number of carbonyl (C=O) groups is 1. The van der Waals surface area contributed by atoms with E-state index in [-0.39, 0.29) is 18.3 Å². The van der Waals surface area contributed by atoms with E-state index in [0.717, 1.165) is 63.5 Å². The third-order valence-corrected chi connectivity index (χ3v) is 5.50. The van der Waals surface area contributed by atoms with Gasteiger partial charge in [0.05, 0.1) is 18.1 Å². The molecule has 1 amide bonds. The number of amides is 1. The van der Waals surface area contributed by atoms with Crippen molar-refractivity contribution in [3.8, 4) is 0 Å². The predicted octanol–water partition coefficient (Wildman–Crippen LogP) is -0.917. The first-order valence-corrected chi connectivity index (χ1v) is 8.84. The zero-order valence-electron chi connectivity index (χ0n) is 12.9. The van der Waals surface area contributed by atoms with Crippen LogP contribution in [-0.4, -0.2) is 50.2 Å². The zero-order valence-corrected chi connectivity index (χ0v) is 14.5. The fourth-order valence-corrected chi connectivity index (χ4v) is 4.19. The molecule has 0 aromatic carbocycles. The third kappa shape index (κ3) is 4.69. The van der Waals surface area contributed by atoms with Crippen molar-refractivity contribution in [2.24, 2.45) is 0 Å². The van der Waals surface area contributed by atoms with E-state index in [4.69, 9.17) is 4.74 Å². The quantitative estimate of drug-likeness (QED) is 0.703. The van der Waals surface area contributed by atoms with Crippen LogP contribution < -0.4 is 17.7 Å². The van der Waals surface area contributed by atoms with Gasteiger partial charge in [0.25, 0.3) is 5.91 Å². The maximum Gasteiger partial charge on any atom is 0.261 e. The maximum atomic E-state index is 12.2. The van der Waals surface area contributed by atoms with Crippen LogP contribution in [0.4, 0.5) is 0 Å². The van der Waals surface area contributed by atoms with Crippen molar-refractivity contribution < 1.29 is 21.9 Å². The summed E-state index contributed by atoms with van der Waals surface area (Å²) in [6.07, 6.45) is 5.86. The number of halogens is 1. The Kier molecular flexibility index (Phi) is 7.15. The third-order valence-electron chi connectivity index (χ3n) is 4.26. The molecule has 124 valence electrons. The molecule has 0 radical (unpaired) electrons. The summed E-state index contributed by atoms with van der Waals surface area (Å²) in [6.45, 7) is 5.53. The highest BCUT2D eigenvalue weighted by atomic mass is 35.5. The Morgan fingerprint density at radius 1 is 1.27 bits per heavy atom. The molecule has 1 fully saturated rings. The minimum absolute atomic E-state index is 0. The molecule has 0 atom stereocenters. The summed E-state index contributed by atoms with van der Waals surface area (Å²) in [5.41, 5.74) is 1.41. The first-order chi connectivity index (χ1) is 10.3. The standard InChI is InChI=1S/C16H24N2O2S.ClH/c19-16(15-12-13-4-1-2-5-14(13)21-15)17-6-3-7-18-8-10-20-11-9-18;/h12H,1-11H2,(H,17,19);1H/p-1. The van der Waals surface area contributed by atoms with Crippen LogP contribution in [0.5, 0.6) is 0 Å². The molecule has 1 aromatic rings. The zero-order chi connectivity index (χ0) is 14.5. The molecule has 1 aromatic heterocycles. The van der Waals surface area contributed by atoms with E-state index in [1.807, 2.05) is 0 Å². The van der Waals surface area contributed by atoms with E-state index in [0.29, 0.717) is 0 Å². The number of ether oxygens (including phenoxy) is 1. The largest absolute Gasteiger partial charge is 1.00 e. The number of hydrogen-bond donors (Lipinski definition) is 1. The van der Waals surface area contributed by atoms with Gasteiger partial charge in [-0.05, 0) is 50.3 Å². The molecule has 1 N–H and O–H groups in total. The van der Waals surface area contributed by atoms with Crippen molar-refractivity contribution >= 4 is 17.2 Å². The Hall–Kier alpha value is -0.620. The number of nitrogens with zero attached hydrogens (tertiary/aromatic N) is 1. The highest BCUT2D eigenvalue weighted by molar-refractivity contribution is 7.14. The molecule has 0 bridgehead atoms. The van der Waals surface area contributed by atoms with E-state index in [1.54, 1.807) is 11.3 Å². The van der Waals surface area contributed by atoms with Crippen molar-refractivity contribution in [3.63, 3.8) is 0 Å². The number of morpholine rings is 1. The SMILES string of the molecule is O=C(NCCCN1CCOCC1)c1cc2c(s1)CCCC2.[Cl-]. The molecule has 22 heavy (non-hydrogen) atoms. The second-order valence-corrected chi connectivity index (χ2v) is 6.97. The van der Waals surface area contributed by atoms with Gasteiger partial charge < -0.3 is 22.5 Å². The summed E-state index contributed by atoms with van der Waals surface area (Å²) >= 11 is 1.69. The molecule has 0 saturated carbocycles. The second kappa shape index (κ2) is 8.87. The lowest BCUT2D eigenvalue weighted by atomic mass is 9.99. The molecule has 3 rings (SSSR count). The average Bonchev–Trinajstić information content (AvgIpc) is 2.96. The predicted molar refractivity (Wildman–Crippen MR) is 85.2 cm³/mol. The molecule has 2 heterocycles. The minimum Gasteiger partial charge on any atom is -1.00 e. The summed E-state index contributed by atoms with van der Waals surface area (Å²) in [4.78, 5) is 16.9. The summed E-state index contributed by atoms with van der Waals surface area (Å²) in [5.74, 6) is 0.108. The molecule has 1 aliphatic carbocycles. The minimum atomic E-state index is 0. The molecule has 1 saturated heterocycles. The van der Waals surface area contributed by atoms with Crippen LogP contribution >= 0.6 is 11.3 Å². The van der Waals surface area contributed by atoms with E-state index in [9.17, 15) is 4.79 Å². The van der Waals surface area contributed by atoms with Crippen LogP contribution in [0.1, 0.15) is 39.4 Å². The fraction of sp³-hybridized carbons (Fsp3) is 0.688. The number of carbonyl (C=O) groups excluding carboxylic acids is 1. The summed E-state index contributed by atoms with van der Waals surface area (Å²) < 4.78 is 5.33. The highest BCUT2D eigenvalue weighted by Gasteiger charge is 2.17. The first kappa shape index (κ1) is 17.7. The number of nitrogens with one attached hydrogen (secondary N) is 1. The lowest BCUT2D eigenvalue weighted by molar-refractivity contribution is -0.0000139. The highest BCUT2D eigenvalue weighted by Crippen LogP contribution is 2.29. The van der Waals surface area contributed by atoms with Gasteiger partial charge in [-0.1, -0.05) is 0 Å². The van der Waals surface area contributed by atoms with Crippen molar-refractivity contribution in [1.82, 2.24) is 10.2 Å². The summed E-state index contributed by atoms with van der Waals surface area (Å²) in [7, 11) is 0. The number of hydrogen-bond acceptors (Lipinski definition) is 4. The van der Waals surface area contributed by atoms with E-state index >= 15 is 0 Å². The number of rotatable bonds is 5. The Morgan fingerprint density at radius 3 is 2.82 bits per heavy atom. The van der Waals surface area contributed by atoms with Gasteiger partial charge in [0.1, 0.15) is 0 Å².